The molecular formula is C18H12Cl2N2O4. The summed E-state index contributed by atoms with van der Waals surface area (Å²) in [5.74, 6) is -2.34. The van der Waals surface area contributed by atoms with Gasteiger partial charge in [-0.05, 0) is 30.3 Å². The summed E-state index contributed by atoms with van der Waals surface area (Å²) in [6.45, 7) is 3.53. The van der Waals surface area contributed by atoms with Gasteiger partial charge in [0.1, 0.15) is 5.75 Å². The molecule has 3 N–H and O–H groups in total. The minimum atomic E-state index is -2.02. The quantitative estimate of drug-likeness (QED) is 0.549. The van der Waals surface area contributed by atoms with Gasteiger partial charge < -0.3 is 15.5 Å². The number of para-hydroxylation sites is 2. The van der Waals surface area contributed by atoms with Crippen molar-refractivity contribution >= 4 is 46.3 Å². The van der Waals surface area contributed by atoms with Gasteiger partial charge >= 0.3 is 5.97 Å². The van der Waals surface area contributed by atoms with Crippen molar-refractivity contribution in [3.63, 3.8) is 0 Å². The van der Waals surface area contributed by atoms with Crippen LogP contribution >= 0.6 is 23.2 Å². The smallest absolute Gasteiger partial charge is 0.340 e. The van der Waals surface area contributed by atoms with Crippen molar-refractivity contribution in [1.82, 2.24) is 0 Å². The molecule has 1 unspecified atom stereocenters. The van der Waals surface area contributed by atoms with E-state index in [1.54, 1.807) is 12.1 Å². The van der Waals surface area contributed by atoms with Crippen LogP contribution in [0, 0.1) is 0 Å². The maximum atomic E-state index is 12.9. The number of nitrogens with one attached hydrogen (secondary N) is 1. The summed E-state index contributed by atoms with van der Waals surface area (Å²) in [7, 11) is 0. The molecule has 0 aromatic heterocycles. The standard InChI is InChI=1S/C18H12Cl2N2O4/c1-2-18(17(25)26)15(14-10(20)7-9(19)8-12(14)22-18)16(24)21-11-5-3-4-6-13(11)23/h2-8,23H,1H2,(H,21,24)(H,25,26). The van der Waals surface area contributed by atoms with E-state index in [1.807, 2.05) is 0 Å². The molecule has 0 saturated heterocycles. The minimum absolute atomic E-state index is 0.0867. The zero-order valence-electron chi connectivity index (χ0n) is 13.2. The first-order chi connectivity index (χ1) is 12.3. The van der Waals surface area contributed by atoms with Crippen LogP contribution in [0.3, 0.4) is 0 Å². The van der Waals surface area contributed by atoms with Crippen LogP contribution in [0.2, 0.25) is 10.0 Å². The van der Waals surface area contributed by atoms with Crippen molar-refractivity contribution in [3.8, 4) is 5.75 Å². The number of carboxylic acid groups (broad SMARTS) is 1. The monoisotopic (exact) mass is 390 g/mol. The number of phenolic OH excluding ortho intramolecular Hbond substituents is 1. The van der Waals surface area contributed by atoms with Gasteiger partial charge in [-0.2, -0.15) is 0 Å². The van der Waals surface area contributed by atoms with Gasteiger partial charge in [-0.3, -0.25) is 9.79 Å². The number of aliphatic carboxylic acids is 1. The number of fused-ring (bicyclic) bond motifs is 1. The molecule has 6 nitrogen and oxygen atoms in total. The first-order valence-electron chi connectivity index (χ1n) is 7.36. The van der Waals surface area contributed by atoms with E-state index in [2.05, 4.69) is 16.9 Å². The summed E-state index contributed by atoms with van der Waals surface area (Å²) >= 11 is 12.2. The molecule has 0 radical (unpaired) electrons. The minimum Gasteiger partial charge on any atom is -0.506 e. The van der Waals surface area contributed by atoms with Gasteiger partial charge in [0.2, 0.25) is 5.54 Å². The Morgan fingerprint density at radius 1 is 1.23 bits per heavy atom. The molecule has 0 saturated carbocycles. The van der Waals surface area contributed by atoms with E-state index < -0.39 is 17.4 Å². The summed E-state index contributed by atoms with van der Waals surface area (Å²) in [5.41, 5.74) is -2.11. The molecule has 1 aliphatic heterocycles. The van der Waals surface area contributed by atoms with Crippen LogP contribution in [0.25, 0.3) is 5.57 Å². The van der Waals surface area contributed by atoms with Crippen LogP contribution in [0.4, 0.5) is 5.69 Å². The van der Waals surface area contributed by atoms with Crippen LogP contribution in [-0.4, -0.2) is 27.6 Å². The second-order valence-corrected chi connectivity index (χ2v) is 6.36. The molecule has 26 heavy (non-hydrogen) atoms. The lowest BCUT2D eigenvalue weighted by molar-refractivity contribution is -0.139. The number of carboxylic acids is 1. The third-order valence-corrected chi connectivity index (χ3v) is 4.48. The molecule has 132 valence electrons. The van der Waals surface area contributed by atoms with Crippen molar-refractivity contribution in [3.05, 3.63) is 69.7 Å². The average molecular weight is 391 g/mol. The van der Waals surface area contributed by atoms with Gasteiger partial charge in [0, 0.05) is 10.2 Å². The number of anilines is 1. The summed E-state index contributed by atoms with van der Waals surface area (Å²) in [6, 6.07) is 8.87. The molecule has 8 heteroatoms. The lowest BCUT2D eigenvalue weighted by atomic mass is 9.89. The SMILES string of the molecule is C=CC1(C(=O)O)N=c2cc(Cl)cc(Cl)c2=C1C(=O)Nc1ccccc1O. The maximum Gasteiger partial charge on any atom is 0.340 e. The van der Waals surface area contributed by atoms with Crippen LogP contribution in [0.15, 0.2) is 54.0 Å². The molecule has 1 heterocycles. The highest BCUT2D eigenvalue weighted by Crippen LogP contribution is 2.30. The lowest BCUT2D eigenvalue weighted by Gasteiger charge is -2.21. The van der Waals surface area contributed by atoms with Gasteiger partial charge in [-0.15, -0.1) is 0 Å². The van der Waals surface area contributed by atoms with E-state index >= 15 is 0 Å². The molecule has 1 atom stereocenters. The number of rotatable bonds is 4. The molecule has 0 bridgehead atoms. The fourth-order valence-electron chi connectivity index (χ4n) is 2.77. The highest BCUT2D eigenvalue weighted by atomic mass is 35.5. The third-order valence-electron chi connectivity index (χ3n) is 3.96. The van der Waals surface area contributed by atoms with E-state index in [1.165, 1.54) is 24.3 Å². The predicted octanol–water partition coefficient (Wildman–Crippen LogP) is 2.13. The molecule has 0 aliphatic carbocycles. The number of nitrogens with zero attached hydrogens (tertiary/aromatic N) is 1. The highest BCUT2D eigenvalue weighted by Gasteiger charge is 2.46. The van der Waals surface area contributed by atoms with E-state index in [-0.39, 0.29) is 37.6 Å². The number of benzene rings is 2. The number of carbonyl (C=O) groups is 2. The second kappa shape index (κ2) is 6.48. The fraction of sp³-hybridized carbons (Fsp3) is 0.0556. The van der Waals surface area contributed by atoms with Crippen molar-refractivity contribution in [2.75, 3.05) is 5.32 Å². The lowest BCUT2D eigenvalue weighted by Crippen LogP contribution is -2.41. The van der Waals surface area contributed by atoms with Crippen LogP contribution in [0.1, 0.15) is 0 Å². The molecule has 3 rings (SSSR count). The second-order valence-electron chi connectivity index (χ2n) is 5.52. The molecule has 1 aliphatic rings. The maximum absolute atomic E-state index is 12.9. The van der Waals surface area contributed by atoms with Gasteiger partial charge in [0.05, 0.1) is 21.6 Å². The molecule has 0 spiro atoms. The Labute approximate surface area is 157 Å². The molecule has 2 aromatic carbocycles. The Kier molecular flexibility index (Phi) is 4.48. The summed E-state index contributed by atoms with van der Waals surface area (Å²) < 4.78 is 0. The Hall–Kier alpha value is -2.83. The number of amides is 1. The van der Waals surface area contributed by atoms with Crippen LogP contribution in [0.5, 0.6) is 5.75 Å². The van der Waals surface area contributed by atoms with Crippen molar-refractivity contribution < 1.29 is 19.8 Å². The largest absolute Gasteiger partial charge is 0.506 e. The van der Waals surface area contributed by atoms with Gasteiger partial charge in [0.25, 0.3) is 5.91 Å². The Bertz CT molecular complexity index is 1080. The van der Waals surface area contributed by atoms with Crippen LogP contribution in [-0.2, 0) is 9.59 Å². The number of hydrogen-bond donors (Lipinski definition) is 3. The van der Waals surface area contributed by atoms with Crippen LogP contribution < -0.4 is 15.9 Å². The van der Waals surface area contributed by atoms with Gasteiger partial charge in [0.15, 0.2) is 0 Å². The van der Waals surface area contributed by atoms with Gasteiger partial charge in [-0.1, -0.05) is 41.9 Å². The van der Waals surface area contributed by atoms with Crippen molar-refractivity contribution in [2.45, 2.75) is 5.54 Å². The Balaban J connectivity index is 2.27. The summed E-state index contributed by atoms with van der Waals surface area (Å²) in [4.78, 5) is 29.0. The van der Waals surface area contributed by atoms with E-state index in [0.717, 1.165) is 6.08 Å². The molecule has 2 aromatic rings. The van der Waals surface area contributed by atoms with Crippen molar-refractivity contribution in [1.29, 1.82) is 0 Å². The first kappa shape index (κ1) is 18.0. The topological polar surface area (TPSA) is 99.0 Å². The Morgan fingerprint density at radius 2 is 1.92 bits per heavy atom. The summed E-state index contributed by atoms with van der Waals surface area (Å²) in [5, 5.41) is 22.8. The Morgan fingerprint density at radius 3 is 2.54 bits per heavy atom. The predicted molar refractivity (Wildman–Crippen MR) is 98.0 cm³/mol. The number of hydrogen-bond acceptors (Lipinski definition) is 4. The zero-order chi connectivity index (χ0) is 19.1. The average Bonchev–Trinajstić information content (AvgIpc) is 2.92. The van der Waals surface area contributed by atoms with E-state index in [4.69, 9.17) is 23.2 Å². The molecular weight excluding hydrogens is 379 g/mol. The number of carbonyl (C=O) groups excluding carboxylic acids is 1. The normalized spacial score (nSPS) is 18.0. The fourth-order valence-corrected chi connectivity index (χ4v) is 3.35. The highest BCUT2D eigenvalue weighted by molar-refractivity contribution is 6.36. The third kappa shape index (κ3) is 2.73. The number of phenols is 1. The first-order valence-corrected chi connectivity index (χ1v) is 8.12. The number of aromatic hydroxyl groups is 1. The van der Waals surface area contributed by atoms with Crippen molar-refractivity contribution in [2.24, 2.45) is 4.99 Å². The summed E-state index contributed by atoms with van der Waals surface area (Å²) in [6.07, 6.45) is 1.05. The number of halogens is 2. The molecule has 0 fully saturated rings. The molecule has 1 amide bonds. The zero-order valence-corrected chi connectivity index (χ0v) is 14.7. The van der Waals surface area contributed by atoms with Gasteiger partial charge in [-0.25, -0.2) is 4.79 Å². The van der Waals surface area contributed by atoms with E-state index in [9.17, 15) is 19.8 Å². The van der Waals surface area contributed by atoms with E-state index in [0.29, 0.717) is 0 Å².